The lowest BCUT2D eigenvalue weighted by Gasteiger charge is -2.33. The number of hydrogen-bond acceptors (Lipinski definition) is 3. The molecule has 1 aliphatic rings. The number of benzene rings is 1. The van der Waals surface area contributed by atoms with Crippen LogP contribution in [-0.4, -0.2) is 38.1 Å². The van der Waals surface area contributed by atoms with Crippen LogP contribution in [0.2, 0.25) is 0 Å². The molecule has 1 aromatic carbocycles. The Morgan fingerprint density at radius 2 is 2.22 bits per heavy atom. The first kappa shape index (κ1) is 13.1. The number of likely N-dealkylation sites (N-methyl/N-ethyl adjacent to an activating group) is 1. The maximum Gasteiger partial charge on any atom is 0.305 e. The second-order valence-corrected chi connectivity index (χ2v) is 5.04. The molecule has 0 spiro atoms. The van der Waals surface area contributed by atoms with Crippen molar-refractivity contribution in [3.8, 4) is 0 Å². The fraction of sp³-hybridized carbons (Fsp3) is 0.533. The summed E-state index contributed by atoms with van der Waals surface area (Å²) in [6.07, 6.45) is 2.58. The molecule has 0 N–H and O–H groups in total. The molecule has 18 heavy (non-hydrogen) atoms. The highest BCUT2D eigenvalue weighted by molar-refractivity contribution is 5.69. The molecule has 0 saturated heterocycles. The minimum Gasteiger partial charge on any atom is -0.469 e. The molecule has 1 atom stereocenters. The van der Waals surface area contributed by atoms with Crippen LogP contribution in [0, 0.1) is 0 Å². The smallest absolute Gasteiger partial charge is 0.305 e. The van der Waals surface area contributed by atoms with Crippen LogP contribution >= 0.6 is 0 Å². The summed E-state index contributed by atoms with van der Waals surface area (Å²) in [4.78, 5) is 13.3. The van der Waals surface area contributed by atoms with Crippen LogP contribution in [0.1, 0.15) is 29.9 Å². The van der Waals surface area contributed by atoms with Crippen molar-refractivity contribution in [2.45, 2.75) is 25.2 Å². The molecule has 0 heterocycles. The van der Waals surface area contributed by atoms with Crippen LogP contribution < -0.4 is 0 Å². The van der Waals surface area contributed by atoms with Gasteiger partial charge in [0.15, 0.2) is 0 Å². The highest BCUT2D eigenvalue weighted by Gasteiger charge is 2.25. The van der Waals surface area contributed by atoms with Crippen molar-refractivity contribution in [1.29, 1.82) is 0 Å². The van der Waals surface area contributed by atoms with E-state index < -0.39 is 0 Å². The highest BCUT2D eigenvalue weighted by Crippen LogP contribution is 2.34. The molecule has 98 valence electrons. The Morgan fingerprint density at radius 3 is 2.94 bits per heavy atom. The van der Waals surface area contributed by atoms with Crippen molar-refractivity contribution >= 4 is 5.97 Å². The standard InChI is InChI=1S/C15H21NO2/c1-16(9-5-8-15(17)18-2)11-13-10-12-6-3-4-7-14(12)13/h3-4,6-7,13H,5,8-11H2,1-2H3. The summed E-state index contributed by atoms with van der Waals surface area (Å²) in [6, 6.07) is 8.66. The molecule has 1 unspecified atom stereocenters. The van der Waals surface area contributed by atoms with E-state index in [1.165, 1.54) is 24.7 Å². The first-order valence-corrected chi connectivity index (χ1v) is 6.54. The van der Waals surface area contributed by atoms with E-state index in [0.29, 0.717) is 12.3 Å². The van der Waals surface area contributed by atoms with Gasteiger partial charge in [0.25, 0.3) is 0 Å². The fourth-order valence-electron chi connectivity index (χ4n) is 2.59. The maximum atomic E-state index is 11.0. The Hall–Kier alpha value is -1.35. The normalized spacial score (nSPS) is 17.2. The second kappa shape index (κ2) is 6.01. The van der Waals surface area contributed by atoms with Gasteiger partial charge in [-0.2, -0.15) is 0 Å². The third-order valence-corrected chi connectivity index (χ3v) is 3.64. The third kappa shape index (κ3) is 3.10. The summed E-state index contributed by atoms with van der Waals surface area (Å²) in [5.74, 6) is 0.557. The number of methoxy groups -OCH3 is 1. The topological polar surface area (TPSA) is 29.5 Å². The molecule has 0 amide bonds. The van der Waals surface area contributed by atoms with E-state index in [-0.39, 0.29) is 5.97 Å². The van der Waals surface area contributed by atoms with Crippen LogP contribution in [0.4, 0.5) is 0 Å². The van der Waals surface area contributed by atoms with Gasteiger partial charge in [0.1, 0.15) is 0 Å². The van der Waals surface area contributed by atoms with Crippen molar-refractivity contribution in [2.75, 3.05) is 27.2 Å². The molecule has 0 fully saturated rings. The highest BCUT2D eigenvalue weighted by atomic mass is 16.5. The van der Waals surface area contributed by atoms with Gasteiger partial charge in [-0.05, 0) is 37.6 Å². The van der Waals surface area contributed by atoms with Crippen molar-refractivity contribution < 1.29 is 9.53 Å². The van der Waals surface area contributed by atoms with Crippen LogP contribution in [0.5, 0.6) is 0 Å². The third-order valence-electron chi connectivity index (χ3n) is 3.64. The molecular formula is C15H21NO2. The summed E-state index contributed by atoms with van der Waals surface area (Å²) >= 11 is 0. The van der Waals surface area contributed by atoms with Gasteiger partial charge in [0, 0.05) is 18.9 Å². The zero-order valence-electron chi connectivity index (χ0n) is 11.2. The van der Waals surface area contributed by atoms with Gasteiger partial charge in [-0.25, -0.2) is 0 Å². The Labute approximate surface area is 109 Å². The average molecular weight is 247 g/mol. The molecular weight excluding hydrogens is 226 g/mol. The lowest BCUT2D eigenvalue weighted by Crippen LogP contribution is -2.31. The molecule has 2 rings (SSSR count). The molecule has 1 aliphatic carbocycles. The number of fused-ring (bicyclic) bond motifs is 1. The first-order valence-electron chi connectivity index (χ1n) is 6.54. The molecule has 3 nitrogen and oxygen atoms in total. The number of rotatable bonds is 6. The maximum absolute atomic E-state index is 11.0. The van der Waals surface area contributed by atoms with Crippen molar-refractivity contribution in [1.82, 2.24) is 4.90 Å². The number of nitrogens with zero attached hydrogens (tertiary/aromatic N) is 1. The monoisotopic (exact) mass is 247 g/mol. The van der Waals surface area contributed by atoms with Gasteiger partial charge in [-0.3, -0.25) is 4.79 Å². The van der Waals surface area contributed by atoms with E-state index in [1.807, 2.05) is 0 Å². The Bertz CT molecular complexity index is 417. The molecule has 0 aliphatic heterocycles. The summed E-state index contributed by atoms with van der Waals surface area (Å²) < 4.78 is 4.63. The zero-order chi connectivity index (χ0) is 13.0. The number of ether oxygens (including phenoxy) is 1. The van der Waals surface area contributed by atoms with Crippen molar-refractivity contribution in [3.05, 3.63) is 35.4 Å². The zero-order valence-corrected chi connectivity index (χ0v) is 11.2. The van der Waals surface area contributed by atoms with E-state index in [4.69, 9.17) is 0 Å². The summed E-state index contributed by atoms with van der Waals surface area (Å²) in [5.41, 5.74) is 2.99. The first-order chi connectivity index (χ1) is 8.70. The van der Waals surface area contributed by atoms with Gasteiger partial charge in [0.05, 0.1) is 7.11 Å². The fourth-order valence-corrected chi connectivity index (χ4v) is 2.59. The summed E-state index contributed by atoms with van der Waals surface area (Å²) in [7, 11) is 3.57. The van der Waals surface area contributed by atoms with E-state index in [9.17, 15) is 4.79 Å². The number of esters is 1. The van der Waals surface area contributed by atoms with Crippen molar-refractivity contribution in [3.63, 3.8) is 0 Å². The van der Waals surface area contributed by atoms with Gasteiger partial charge in [-0.15, -0.1) is 0 Å². The Morgan fingerprint density at radius 1 is 1.44 bits per heavy atom. The SMILES string of the molecule is COC(=O)CCCN(C)CC1Cc2ccccc21. The van der Waals surface area contributed by atoms with E-state index in [2.05, 4.69) is 40.9 Å². The van der Waals surface area contributed by atoms with Gasteiger partial charge in [-0.1, -0.05) is 24.3 Å². The van der Waals surface area contributed by atoms with Gasteiger partial charge < -0.3 is 9.64 Å². The van der Waals surface area contributed by atoms with E-state index in [1.54, 1.807) is 0 Å². The number of hydrogen-bond donors (Lipinski definition) is 0. The second-order valence-electron chi connectivity index (χ2n) is 5.04. The predicted molar refractivity (Wildman–Crippen MR) is 71.6 cm³/mol. The molecule has 0 bridgehead atoms. The molecule has 1 aromatic rings. The Kier molecular flexibility index (Phi) is 4.37. The van der Waals surface area contributed by atoms with Crippen LogP contribution in [0.3, 0.4) is 0 Å². The lowest BCUT2D eigenvalue weighted by atomic mass is 9.77. The summed E-state index contributed by atoms with van der Waals surface area (Å²) in [6.45, 7) is 2.03. The van der Waals surface area contributed by atoms with Crippen LogP contribution in [-0.2, 0) is 16.0 Å². The van der Waals surface area contributed by atoms with Gasteiger partial charge in [0.2, 0.25) is 0 Å². The summed E-state index contributed by atoms with van der Waals surface area (Å²) in [5, 5.41) is 0. The minimum absolute atomic E-state index is 0.114. The predicted octanol–water partition coefficient (Wildman–Crippen LogP) is 2.21. The number of carbonyl (C=O) groups is 1. The van der Waals surface area contributed by atoms with Crippen molar-refractivity contribution in [2.24, 2.45) is 0 Å². The molecule has 0 aromatic heterocycles. The molecule has 3 heteroatoms. The number of carbonyl (C=O) groups excluding carboxylic acids is 1. The lowest BCUT2D eigenvalue weighted by molar-refractivity contribution is -0.140. The van der Waals surface area contributed by atoms with Crippen LogP contribution in [0.25, 0.3) is 0 Å². The van der Waals surface area contributed by atoms with Gasteiger partial charge >= 0.3 is 5.97 Å². The minimum atomic E-state index is -0.114. The van der Waals surface area contributed by atoms with E-state index in [0.717, 1.165) is 19.5 Å². The quantitative estimate of drug-likeness (QED) is 0.722. The molecule has 0 saturated carbocycles. The molecule has 0 radical (unpaired) electrons. The average Bonchev–Trinajstić information content (AvgIpc) is 2.35. The van der Waals surface area contributed by atoms with E-state index >= 15 is 0 Å². The Balaban J connectivity index is 1.70. The largest absolute Gasteiger partial charge is 0.469 e. The van der Waals surface area contributed by atoms with Crippen LogP contribution in [0.15, 0.2) is 24.3 Å².